The fourth-order valence-corrected chi connectivity index (χ4v) is 7.61. The molecule has 4 heteroatoms. The highest BCUT2D eigenvalue weighted by Crippen LogP contribution is 2.40. The van der Waals surface area contributed by atoms with Crippen LogP contribution < -0.4 is 0 Å². The zero-order chi connectivity index (χ0) is 34.4. The van der Waals surface area contributed by atoms with Crippen molar-refractivity contribution in [3.63, 3.8) is 0 Å². The lowest BCUT2D eigenvalue weighted by Crippen LogP contribution is -2.12. The van der Waals surface area contributed by atoms with E-state index in [1.807, 2.05) is 12.4 Å². The maximum Gasteiger partial charge on any atom is 0.137 e. The minimum absolute atomic E-state index is 0.00457. The maximum absolute atomic E-state index is 4.95. The van der Waals surface area contributed by atoms with Crippen LogP contribution in [-0.2, 0) is 10.8 Å². The molecule has 9 rings (SSSR count). The molecule has 0 atom stereocenters. The molecular formula is C46H40N4. The number of para-hydroxylation sites is 1. The molecule has 4 aromatic heterocycles. The molecule has 0 spiro atoms. The van der Waals surface area contributed by atoms with Crippen molar-refractivity contribution in [3.05, 3.63) is 145 Å². The summed E-state index contributed by atoms with van der Waals surface area (Å²) in [7, 11) is 0. The first-order valence-electron chi connectivity index (χ1n) is 17.5. The molecule has 50 heavy (non-hydrogen) atoms. The zero-order valence-corrected chi connectivity index (χ0v) is 29.5. The van der Waals surface area contributed by atoms with Crippen molar-refractivity contribution in [3.8, 4) is 22.8 Å². The van der Waals surface area contributed by atoms with Crippen molar-refractivity contribution >= 4 is 54.4 Å². The molecule has 0 N–H and O–H groups in total. The molecule has 0 bridgehead atoms. The molecule has 0 saturated heterocycles. The topological polar surface area (TPSA) is 35.6 Å². The van der Waals surface area contributed by atoms with E-state index in [9.17, 15) is 0 Å². The van der Waals surface area contributed by atoms with Gasteiger partial charge in [-0.3, -0.25) is 9.55 Å². The lowest BCUT2D eigenvalue weighted by Gasteiger charge is -2.20. The Hall–Kier alpha value is -5.74. The van der Waals surface area contributed by atoms with Gasteiger partial charge in [0, 0.05) is 50.6 Å². The Labute approximate surface area is 292 Å². The van der Waals surface area contributed by atoms with E-state index in [-0.39, 0.29) is 10.8 Å². The molecule has 244 valence electrons. The maximum atomic E-state index is 4.95. The van der Waals surface area contributed by atoms with Crippen LogP contribution in [0, 0.1) is 0 Å². The minimum atomic E-state index is 0.00457. The largest absolute Gasteiger partial charge is 0.309 e. The number of nitrogens with zero attached hydrogens (tertiary/aromatic N) is 4. The van der Waals surface area contributed by atoms with E-state index in [1.54, 1.807) is 0 Å². The number of rotatable bonds is 3. The number of benzene rings is 5. The van der Waals surface area contributed by atoms with Crippen LogP contribution in [0.15, 0.2) is 134 Å². The summed E-state index contributed by atoms with van der Waals surface area (Å²) in [6.07, 6.45) is 3.89. The molecule has 0 aliphatic rings. The van der Waals surface area contributed by atoms with Gasteiger partial charge < -0.3 is 4.57 Å². The number of pyridine rings is 2. The SMILES string of the molecule is CC(C)(C)c1ccnc(-c2ccc3c4ccc5ccccc5c4n(-c4ccc5c6ccccc6n(-c6cc(C(C)(C)C)ccn6)c5c4)c3c2)c1. The molecule has 0 aliphatic carbocycles. The van der Waals surface area contributed by atoms with Gasteiger partial charge in [-0.2, -0.15) is 0 Å². The van der Waals surface area contributed by atoms with Crippen molar-refractivity contribution in [1.29, 1.82) is 0 Å². The first kappa shape index (κ1) is 30.3. The van der Waals surface area contributed by atoms with Crippen LogP contribution in [0.1, 0.15) is 52.7 Å². The molecule has 9 aromatic rings. The van der Waals surface area contributed by atoms with E-state index < -0.39 is 0 Å². The molecule has 0 saturated carbocycles. The summed E-state index contributed by atoms with van der Waals surface area (Å²) in [5, 5.41) is 7.35. The van der Waals surface area contributed by atoms with E-state index in [1.165, 1.54) is 49.0 Å². The molecular weight excluding hydrogens is 609 g/mol. The van der Waals surface area contributed by atoms with Gasteiger partial charge >= 0.3 is 0 Å². The third-order valence-electron chi connectivity index (χ3n) is 10.3. The summed E-state index contributed by atoms with van der Waals surface area (Å²) in [6, 6.07) is 44.4. The van der Waals surface area contributed by atoms with E-state index in [0.717, 1.165) is 39.3 Å². The van der Waals surface area contributed by atoms with E-state index in [2.05, 4.69) is 172 Å². The summed E-state index contributed by atoms with van der Waals surface area (Å²) in [4.78, 5) is 9.80. The van der Waals surface area contributed by atoms with Gasteiger partial charge in [0.15, 0.2) is 0 Å². The Bertz CT molecular complexity index is 2780. The first-order chi connectivity index (χ1) is 24.1. The summed E-state index contributed by atoms with van der Waals surface area (Å²) in [5.74, 6) is 0.931. The predicted molar refractivity (Wildman–Crippen MR) is 211 cm³/mol. The highest BCUT2D eigenvalue weighted by molar-refractivity contribution is 6.19. The van der Waals surface area contributed by atoms with Gasteiger partial charge in [0.1, 0.15) is 5.82 Å². The average molecular weight is 649 g/mol. The Morgan fingerprint density at radius 2 is 1.08 bits per heavy atom. The predicted octanol–water partition coefficient (Wildman–Crippen LogP) is 12.1. The van der Waals surface area contributed by atoms with Crippen LogP contribution in [0.25, 0.3) is 77.1 Å². The zero-order valence-electron chi connectivity index (χ0n) is 29.5. The third kappa shape index (κ3) is 4.74. The van der Waals surface area contributed by atoms with Crippen LogP contribution in [0.2, 0.25) is 0 Å². The van der Waals surface area contributed by atoms with Crippen LogP contribution in [-0.4, -0.2) is 19.1 Å². The monoisotopic (exact) mass is 648 g/mol. The highest BCUT2D eigenvalue weighted by atomic mass is 15.1. The highest BCUT2D eigenvalue weighted by Gasteiger charge is 2.21. The second-order valence-electron chi connectivity index (χ2n) is 15.6. The lowest BCUT2D eigenvalue weighted by molar-refractivity contribution is 0.588. The molecule has 0 fully saturated rings. The van der Waals surface area contributed by atoms with Gasteiger partial charge in [0.25, 0.3) is 0 Å². The van der Waals surface area contributed by atoms with Crippen LogP contribution >= 0.6 is 0 Å². The summed E-state index contributed by atoms with van der Waals surface area (Å²) in [5.41, 5.74) is 10.4. The van der Waals surface area contributed by atoms with Crippen LogP contribution in [0.3, 0.4) is 0 Å². The summed E-state index contributed by atoms with van der Waals surface area (Å²) < 4.78 is 4.80. The number of aromatic nitrogens is 4. The van der Waals surface area contributed by atoms with Crippen LogP contribution in [0.5, 0.6) is 0 Å². The second-order valence-corrected chi connectivity index (χ2v) is 15.6. The summed E-state index contributed by atoms with van der Waals surface area (Å²) in [6.45, 7) is 13.5. The molecule has 0 radical (unpaired) electrons. The van der Waals surface area contributed by atoms with Gasteiger partial charge in [0.2, 0.25) is 0 Å². The number of fused-ring (bicyclic) bond motifs is 8. The quantitative estimate of drug-likeness (QED) is 0.191. The Balaban J connectivity index is 1.37. The summed E-state index contributed by atoms with van der Waals surface area (Å²) >= 11 is 0. The fraction of sp³-hybridized carbons (Fsp3) is 0.174. The minimum Gasteiger partial charge on any atom is -0.309 e. The fourth-order valence-electron chi connectivity index (χ4n) is 7.61. The third-order valence-corrected chi connectivity index (χ3v) is 10.3. The number of hydrogen-bond acceptors (Lipinski definition) is 2. The Kier molecular flexibility index (Phi) is 6.60. The van der Waals surface area contributed by atoms with Gasteiger partial charge in [-0.1, -0.05) is 114 Å². The average Bonchev–Trinajstić information content (AvgIpc) is 3.63. The lowest BCUT2D eigenvalue weighted by atomic mass is 9.87. The molecule has 0 amide bonds. The van der Waals surface area contributed by atoms with Crippen molar-refractivity contribution in [2.24, 2.45) is 0 Å². The molecule has 0 aliphatic heterocycles. The van der Waals surface area contributed by atoms with Crippen molar-refractivity contribution in [2.75, 3.05) is 0 Å². The van der Waals surface area contributed by atoms with Crippen molar-refractivity contribution in [2.45, 2.75) is 52.4 Å². The van der Waals surface area contributed by atoms with Crippen molar-refractivity contribution < 1.29 is 0 Å². The van der Waals surface area contributed by atoms with E-state index >= 15 is 0 Å². The standard InChI is InChI=1S/C46H40N4/c1-45(2,3)31-21-23-47-39(26-31)30-16-18-37-38-19-15-29-11-7-8-12-34(29)44(38)49(41(37)25-30)33-17-20-36-35-13-9-10-14-40(35)50(42(36)28-33)43-27-32(22-24-48-43)46(4,5)6/h7-28H,1-6H3. The van der Waals surface area contributed by atoms with Gasteiger partial charge in [-0.15, -0.1) is 0 Å². The Morgan fingerprint density at radius 3 is 1.88 bits per heavy atom. The van der Waals surface area contributed by atoms with E-state index in [4.69, 9.17) is 9.97 Å². The smallest absolute Gasteiger partial charge is 0.137 e. The molecule has 0 unspecified atom stereocenters. The van der Waals surface area contributed by atoms with Gasteiger partial charge in [0.05, 0.1) is 27.8 Å². The van der Waals surface area contributed by atoms with Gasteiger partial charge in [-0.25, -0.2) is 4.98 Å². The van der Waals surface area contributed by atoms with Gasteiger partial charge in [-0.05, 0) is 75.9 Å². The van der Waals surface area contributed by atoms with Crippen molar-refractivity contribution in [1.82, 2.24) is 19.1 Å². The first-order valence-corrected chi connectivity index (χ1v) is 17.5. The molecule has 5 aromatic carbocycles. The van der Waals surface area contributed by atoms with E-state index in [0.29, 0.717) is 0 Å². The second kappa shape index (κ2) is 10.9. The number of hydrogen-bond donors (Lipinski definition) is 0. The van der Waals surface area contributed by atoms with Crippen LogP contribution in [0.4, 0.5) is 0 Å². The normalized spacial score (nSPS) is 12.6. The molecule has 4 heterocycles. The molecule has 4 nitrogen and oxygen atoms in total. The Morgan fingerprint density at radius 1 is 0.460 bits per heavy atom.